The van der Waals surface area contributed by atoms with Crippen molar-refractivity contribution in [3.8, 4) is 0 Å². The summed E-state index contributed by atoms with van der Waals surface area (Å²) < 4.78 is 22.6. The van der Waals surface area contributed by atoms with Gasteiger partial charge in [0.2, 0.25) is 5.91 Å². The van der Waals surface area contributed by atoms with Crippen LogP contribution in [0, 0.1) is 0 Å². The molecular weight excluding hydrogens is 317 g/mol. The zero-order valence-electron chi connectivity index (χ0n) is 9.39. The molecule has 1 rings (SSSR count). The molecule has 1 aromatic rings. The van der Waals surface area contributed by atoms with Gasteiger partial charge in [0.05, 0.1) is 10.7 Å². The number of benzene rings is 1. The lowest BCUT2D eigenvalue weighted by atomic mass is 10.3. The Kier molecular flexibility index (Phi) is 5.16. The van der Waals surface area contributed by atoms with Gasteiger partial charge in [-0.25, -0.2) is 8.42 Å². The third-order valence-corrected chi connectivity index (χ3v) is 3.85. The highest BCUT2D eigenvalue weighted by atomic mass is 35.5. The Hall–Kier alpha value is -1.31. The molecular formula is C10H9Cl2NO5S. The largest absolute Gasteiger partial charge is 0.480 e. The van der Waals surface area contributed by atoms with E-state index in [-0.39, 0.29) is 10.7 Å². The number of hydrogen-bond donors (Lipinski definition) is 2. The van der Waals surface area contributed by atoms with E-state index in [9.17, 15) is 18.0 Å². The van der Waals surface area contributed by atoms with Gasteiger partial charge in [-0.05, 0) is 18.2 Å². The molecule has 0 atom stereocenters. The highest BCUT2D eigenvalue weighted by Crippen LogP contribution is 2.25. The number of amides is 1. The van der Waals surface area contributed by atoms with Crippen molar-refractivity contribution in [3.63, 3.8) is 0 Å². The van der Waals surface area contributed by atoms with Gasteiger partial charge < -0.3 is 10.4 Å². The molecule has 0 saturated carbocycles. The minimum Gasteiger partial charge on any atom is -0.480 e. The first-order valence-corrected chi connectivity index (χ1v) is 7.44. The van der Waals surface area contributed by atoms with Gasteiger partial charge in [-0.15, -0.1) is 0 Å². The van der Waals surface area contributed by atoms with Crippen LogP contribution in [0.15, 0.2) is 18.2 Å². The second-order valence-corrected chi connectivity index (χ2v) is 6.51. The van der Waals surface area contributed by atoms with E-state index in [1.807, 2.05) is 0 Å². The van der Waals surface area contributed by atoms with Gasteiger partial charge in [-0.3, -0.25) is 9.59 Å². The molecule has 0 bridgehead atoms. The summed E-state index contributed by atoms with van der Waals surface area (Å²) in [5.74, 6) is -4.45. The summed E-state index contributed by atoms with van der Waals surface area (Å²) in [7, 11) is -4.01. The number of halogens is 2. The lowest BCUT2D eigenvalue weighted by Gasteiger charge is -2.07. The predicted octanol–water partition coefficient (Wildman–Crippen LogP) is 1.43. The number of carbonyl (C=O) groups is 2. The van der Waals surface area contributed by atoms with Crippen molar-refractivity contribution in [3.05, 3.63) is 28.2 Å². The van der Waals surface area contributed by atoms with E-state index in [1.165, 1.54) is 18.2 Å². The molecule has 9 heteroatoms. The second-order valence-electron chi connectivity index (χ2n) is 3.60. The van der Waals surface area contributed by atoms with E-state index in [4.69, 9.17) is 28.3 Å². The Morgan fingerprint density at radius 2 is 1.84 bits per heavy atom. The van der Waals surface area contributed by atoms with Crippen molar-refractivity contribution in [2.45, 2.75) is 0 Å². The zero-order chi connectivity index (χ0) is 14.6. The Balaban J connectivity index is 2.76. The molecule has 0 heterocycles. The summed E-state index contributed by atoms with van der Waals surface area (Å²) in [5.41, 5.74) is 0.157. The molecule has 0 fully saturated rings. The normalized spacial score (nSPS) is 11.1. The van der Waals surface area contributed by atoms with E-state index in [0.29, 0.717) is 5.02 Å². The quantitative estimate of drug-likeness (QED) is 0.852. The van der Waals surface area contributed by atoms with Crippen LogP contribution in [0.4, 0.5) is 5.69 Å². The summed E-state index contributed by atoms with van der Waals surface area (Å²) in [6, 6.07) is 4.29. The summed E-state index contributed by atoms with van der Waals surface area (Å²) >= 11 is 11.5. The minimum absolute atomic E-state index is 0.157. The molecule has 1 aromatic carbocycles. The molecule has 0 aliphatic rings. The molecule has 0 spiro atoms. The van der Waals surface area contributed by atoms with Crippen molar-refractivity contribution < 1.29 is 23.1 Å². The maximum atomic E-state index is 11.5. The summed E-state index contributed by atoms with van der Waals surface area (Å²) in [4.78, 5) is 21.8. The standard InChI is InChI=1S/C10H9Cl2NO5S/c11-6-1-2-7(12)8(3-6)13-9(14)4-19(17,18)5-10(15)16/h1-3H,4-5H2,(H,13,14)(H,15,16). The van der Waals surface area contributed by atoms with E-state index >= 15 is 0 Å². The first-order valence-electron chi connectivity index (χ1n) is 4.87. The van der Waals surface area contributed by atoms with E-state index in [2.05, 4.69) is 5.32 Å². The van der Waals surface area contributed by atoms with Crippen molar-refractivity contribution in [2.75, 3.05) is 16.8 Å². The predicted molar refractivity (Wildman–Crippen MR) is 71.4 cm³/mol. The smallest absolute Gasteiger partial charge is 0.318 e. The number of anilines is 1. The summed E-state index contributed by atoms with van der Waals surface area (Å²) in [6.45, 7) is 0. The molecule has 19 heavy (non-hydrogen) atoms. The fraction of sp³-hybridized carbons (Fsp3) is 0.200. The SMILES string of the molecule is O=C(O)CS(=O)(=O)CC(=O)Nc1cc(Cl)ccc1Cl. The van der Waals surface area contributed by atoms with Gasteiger partial charge in [0, 0.05) is 5.02 Å². The third kappa shape index (κ3) is 5.46. The number of hydrogen-bond acceptors (Lipinski definition) is 4. The van der Waals surface area contributed by atoms with Crippen LogP contribution in [0.2, 0.25) is 10.0 Å². The van der Waals surface area contributed by atoms with Crippen LogP contribution in [-0.4, -0.2) is 36.9 Å². The number of rotatable bonds is 5. The molecule has 104 valence electrons. The number of nitrogens with one attached hydrogen (secondary N) is 1. The average Bonchev–Trinajstić information content (AvgIpc) is 2.20. The van der Waals surface area contributed by atoms with Crippen LogP contribution in [0.5, 0.6) is 0 Å². The molecule has 0 unspecified atom stereocenters. The van der Waals surface area contributed by atoms with E-state index in [0.717, 1.165) is 0 Å². The van der Waals surface area contributed by atoms with Crippen LogP contribution in [0.25, 0.3) is 0 Å². The minimum atomic E-state index is -4.01. The third-order valence-electron chi connectivity index (χ3n) is 1.90. The van der Waals surface area contributed by atoms with Crippen LogP contribution in [0.3, 0.4) is 0 Å². The maximum Gasteiger partial charge on any atom is 0.318 e. The van der Waals surface area contributed by atoms with Gasteiger partial charge in [-0.1, -0.05) is 23.2 Å². The molecule has 0 saturated heterocycles. The van der Waals surface area contributed by atoms with E-state index in [1.54, 1.807) is 0 Å². The fourth-order valence-electron chi connectivity index (χ4n) is 1.22. The summed E-state index contributed by atoms with van der Waals surface area (Å²) in [6.07, 6.45) is 0. The summed E-state index contributed by atoms with van der Waals surface area (Å²) in [5, 5.41) is 11.1. The average molecular weight is 326 g/mol. The molecule has 0 aromatic heterocycles. The Bertz CT molecular complexity index is 614. The topological polar surface area (TPSA) is 101 Å². The van der Waals surface area contributed by atoms with Crippen LogP contribution in [0.1, 0.15) is 0 Å². The molecule has 6 nitrogen and oxygen atoms in total. The first-order chi connectivity index (χ1) is 8.69. The molecule has 1 amide bonds. The van der Waals surface area contributed by atoms with Gasteiger partial charge in [-0.2, -0.15) is 0 Å². The second kappa shape index (κ2) is 6.23. The van der Waals surface area contributed by atoms with E-state index < -0.39 is 33.2 Å². The molecule has 2 N–H and O–H groups in total. The van der Waals surface area contributed by atoms with Crippen molar-refractivity contribution in [1.29, 1.82) is 0 Å². The van der Waals surface area contributed by atoms with Crippen LogP contribution < -0.4 is 5.32 Å². The lowest BCUT2D eigenvalue weighted by Crippen LogP contribution is -2.27. The monoisotopic (exact) mass is 325 g/mol. The molecule has 0 aliphatic heterocycles. The Morgan fingerprint density at radius 3 is 2.42 bits per heavy atom. The number of carbonyl (C=O) groups excluding carboxylic acids is 1. The van der Waals surface area contributed by atoms with Gasteiger partial charge in [0.25, 0.3) is 0 Å². The van der Waals surface area contributed by atoms with Gasteiger partial charge in [0.1, 0.15) is 11.5 Å². The lowest BCUT2D eigenvalue weighted by molar-refractivity contribution is -0.134. The zero-order valence-corrected chi connectivity index (χ0v) is 11.7. The number of carboxylic acids is 1. The first kappa shape index (κ1) is 15.7. The van der Waals surface area contributed by atoms with Crippen LogP contribution >= 0.6 is 23.2 Å². The highest BCUT2D eigenvalue weighted by molar-refractivity contribution is 7.92. The van der Waals surface area contributed by atoms with Crippen molar-refractivity contribution in [2.24, 2.45) is 0 Å². The van der Waals surface area contributed by atoms with Crippen molar-refractivity contribution in [1.82, 2.24) is 0 Å². The maximum absolute atomic E-state index is 11.5. The number of carboxylic acid groups (broad SMARTS) is 1. The Labute approximate surface area is 119 Å². The highest BCUT2D eigenvalue weighted by Gasteiger charge is 2.20. The molecule has 0 aliphatic carbocycles. The van der Waals surface area contributed by atoms with Gasteiger partial charge >= 0.3 is 5.97 Å². The number of aliphatic carboxylic acids is 1. The van der Waals surface area contributed by atoms with Gasteiger partial charge in [0.15, 0.2) is 9.84 Å². The van der Waals surface area contributed by atoms with Crippen molar-refractivity contribution >= 4 is 50.6 Å². The fourth-order valence-corrected chi connectivity index (χ4v) is 2.51. The molecule has 0 radical (unpaired) electrons. The van der Waals surface area contributed by atoms with Crippen LogP contribution in [-0.2, 0) is 19.4 Å². The number of sulfone groups is 1. The Morgan fingerprint density at radius 1 is 1.21 bits per heavy atom.